The number of aryl methyl sites for hydroxylation is 1. The van der Waals surface area contributed by atoms with Crippen LogP contribution in [0.1, 0.15) is 22.0 Å². The van der Waals surface area contributed by atoms with Crippen LogP contribution in [0.2, 0.25) is 0 Å². The molecule has 3 N–H and O–H groups in total. The Bertz CT molecular complexity index is 712. The number of rotatable bonds is 4. The standard InChI is InChI=1S/C17H18N2S/c1-12-9-10-20-17(12)16(19-18)11-14-7-4-6-13-5-2-3-8-15(13)14/h2-10,16,19H,11,18H2,1H3. The summed E-state index contributed by atoms with van der Waals surface area (Å²) < 4.78 is 0. The van der Waals surface area contributed by atoms with E-state index in [-0.39, 0.29) is 6.04 Å². The first-order chi connectivity index (χ1) is 9.79. The zero-order valence-electron chi connectivity index (χ0n) is 11.5. The molecular weight excluding hydrogens is 264 g/mol. The summed E-state index contributed by atoms with van der Waals surface area (Å²) >= 11 is 1.76. The summed E-state index contributed by atoms with van der Waals surface area (Å²) in [5.74, 6) is 5.78. The van der Waals surface area contributed by atoms with Gasteiger partial charge in [0.2, 0.25) is 0 Å². The number of hydrogen-bond donors (Lipinski definition) is 2. The van der Waals surface area contributed by atoms with Crippen LogP contribution >= 0.6 is 11.3 Å². The quantitative estimate of drug-likeness (QED) is 0.561. The second-order valence-corrected chi connectivity index (χ2v) is 5.98. The van der Waals surface area contributed by atoms with Crippen molar-refractivity contribution in [3.05, 3.63) is 69.9 Å². The van der Waals surface area contributed by atoms with Gasteiger partial charge in [0.1, 0.15) is 0 Å². The molecule has 3 aromatic rings. The molecule has 2 aromatic carbocycles. The van der Waals surface area contributed by atoms with Gasteiger partial charge in [0.15, 0.2) is 0 Å². The van der Waals surface area contributed by atoms with E-state index >= 15 is 0 Å². The second kappa shape index (κ2) is 5.75. The summed E-state index contributed by atoms with van der Waals surface area (Å²) in [6, 6.07) is 17.3. The normalized spacial score (nSPS) is 12.7. The third-order valence-corrected chi connectivity index (χ3v) is 4.86. The maximum Gasteiger partial charge on any atom is 0.0596 e. The highest BCUT2D eigenvalue weighted by molar-refractivity contribution is 7.10. The van der Waals surface area contributed by atoms with Crippen LogP contribution < -0.4 is 11.3 Å². The fraction of sp³-hybridized carbons (Fsp3) is 0.176. The minimum Gasteiger partial charge on any atom is -0.271 e. The first-order valence-electron chi connectivity index (χ1n) is 6.76. The number of benzene rings is 2. The van der Waals surface area contributed by atoms with Crippen LogP contribution in [-0.4, -0.2) is 0 Å². The molecule has 0 radical (unpaired) electrons. The Kier molecular flexibility index (Phi) is 3.83. The summed E-state index contributed by atoms with van der Waals surface area (Å²) in [7, 11) is 0. The van der Waals surface area contributed by atoms with Crippen molar-refractivity contribution in [2.75, 3.05) is 0 Å². The number of hydrogen-bond acceptors (Lipinski definition) is 3. The van der Waals surface area contributed by atoms with Gasteiger partial charge in [0.05, 0.1) is 6.04 Å². The predicted molar refractivity (Wildman–Crippen MR) is 86.8 cm³/mol. The highest BCUT2D eigenvalue weighted by Crippen LogP contribution is 2.28. The minimum absolute atomic E-state index is 0.167. The summed E-state index contributed by atoms with van der Waals surface area (Å²) in [4.78, 5) is 1.32. The average Bonchev–Trinajstić information content (AvgIpc) is 2.91. The number of nitrogens with two attached hydrogens (primary N) is 1. The molecule has 1 atom stereocenters. The van der Waals surface area contributed by atoms with E-state index in [1.165, 1.54) is 26.8 Å². The number of thiophene rings is 1. The summed E-state index contributed by atoms with van der Waals surface area (Å²) in [5.41, 5.74) is 5.61. The first-order valence-corrected chi connectivity index (χ1v) is 7.64. The molecule has 0 amide bonds. The first kappa shape index (κ1) is 13.3. The van der Waals surface area contributed by atoms with E-state index in [1.807, 2.05) is 0 Å². The molecule has 0 spiro atoms. The zero-order valence-corrected chi connectivity index (χ0v) is 12.3. The Balaban J connectivity index is 1.98. The highest BCUT2D eigenvalue weighted by Gasteiger charge is 2.15. The lowest BCUT2D eigenvalue weighted by molar-refractivity contribution is 0.560. The maximum absolute atomic E-state index is 5.78. The molecule has 0 fully saturated rings. The molecule has 0 bridgehead atoms. The van der Waals surface area contributed by atoms with Crippen LogP contribution in [0, 0.1) is 6.92 Å². The molecule has 0 aliphatic heterocycles. The smallest absolute Gasteiger partial charge is 0.0596 e. The molecule has 3 heteroatoms. The molecule has 3 rings (SSSR count). The van der Waals surface area contributed by atoms with Crippen LogP contribution in [0.5, 0.6) is 0 Å². The second-order valence-electron chi connectivity index (χ2n) is 5.03. The molecule has 1 aromatic heterocycles. The Hall–Kier alpha value is -1.68. The molecule has 0 aliphatic carbocycles. The van der Waals surface area contributed by atoms with Gasteiger partial charge in [0.25, 0.3) is 0 Å². The Morgan fingerprint density at radius 3 is 2.65 bits per heavy atom. The van der Waals surface area contributed by atoms with E-state index in [2.05, 4.69) is 66.3 Å². The Morgan fingerprint density at radius 1 is 1.10 bits per heavy atom. The van der Waals surface area contributed by atoms with Gasteiger partial charge < -0.3 is 0 Å². The lowest BCUT2D eigenvalue weighted by Gasteiger charge is -2.17. The lowest BCUT2D eigenvalue weighted by Crippen LogP contribution is -2.29. The summed E-state index contributed by atoms with van der Waals surface area (Å²) in [5, 5.41) is 4.71. The molecule has 1 unspecified atom stereocenters. The van der Waals surface area contributed by atoms with Crippen molar-refractivity contribution in [3.8, 4) is 0 Å². The molecule has 0 saturated carbocycles. The van der Waals surface area contributed by atoms with Crippen molar-refractivity contribution in [2.24, 2.45) is 5.84 Å². The fourth-order valence-corrected chi connectivity index (χ4v) is 3.65. The third kappa shape index (κ3) is 2.48. The van der Waals surface area contributed by atoms with Gasteiger partial charge in [-0.05, 0) is 46.7 Å². The van der Waals surface area contributed by atoms with Crippen molar-refractivity contribution in [2.45, 2.75) is 19.4 Å². The zero-order chi connectivity index (χ0) is 13.9. The largest absolute Gasteiger partial charge is 0.271 e. The third-order valence-electron chi connectivity index (χ3n) is 3.72. The van der Waals surface area contributed by atoms with Crippen molar-refractivity contribution in [3.63, 3.8) is 0 Å². The van der Waals surface area contributed by atoms with Gasteiger partial charge in [-0.3, -0.25) is 11.3 Å². The van der Waals surface area contributed by atoms with Crippen molar-refractivity contribution < 1.29 is 0 Å². The minimum atomic E-state index is 0.167. The van der Waals surface area contributed by atoms with Crippen molar-refractivity contribution in [1.29, 1.82) is 0 Å². The Morgan fingerprint density at radius 2 is 1.90 bits per heavy atom. The van der Waals surface area contributed by atoms with E-state index in [4.69, 9.17) is 5.84 Å². The molecule has 0 saturated heterocycles. The van der Waals surface area contributed by atoms with Gasteiger partial charge in [-0.15, -0.1) is 11.3 Å². The van der Waals surface area contributed by atoms with E-state index in [0.29, 0.717) is 0 Å². The lowest BCUT2D eigenvalue weighted by atomic mass is 9.97. The monoisotopic (exact) mass is 282 g/mol. The van der Waals surface area contributed by atoms with Gasteiger partial charge >= 0.3 is 0 Å². The fourth-order valence-electron chi connectivity index (χ4n) is 2.66. The predicted octanol–water partition coefficient (Wildman–Crippen LogP) is 3.96. The maximum atomic E-state index is 5.78. The summed E-state index contributed by atoms with van der Waals surface area (Å²) in [6.45, 7) is 2.14. The number of nitrogens with one attached hydrogen (secondary N) is 1. The van der Waals surface area contributed by atoms with E-state index in [0.717, 1.165) is 6.42 Å². The molecule has 2 nitrogen and oxygen atoms in total. The topological polar surface area (TPSA) is 38.0 Å². The van der Waals surface area contributed by atoms with Gasteiger partial charge in [-0.25, -0.2) is 0 Å². The summed E-state index contributed by atoms with van der Waals surface area (Å²) in [6.07, 6.45) is 0.902. The van der Waals surface area contributed by atoms with Crippen molar-refractivity contribution >= 4 is 22.1 Å². The molecule has 102 valence electrons. The van der Waals surface area contributed by atoms with Crippen LogP contribution in [-0.2, 0) is 6.42 Å². The van der Waals surface area contributed by atoms with Crippen molar-refractivity contribution in [1.82, 2.24) is 5.43 Å². The number of fused-ring (bicyclic) bond motifs is 1. The van der Waals surface area contributed by atoms with Crippen LogP contribution in [0.4, 0.5) is 0 Å². The van der Waals surface area contributed by atoms with Gasteiger partial charge in [0, 0.05) is 4.88 Å². The molecule has 1 heterocycles. The number of hydrazine groups is 1. The van der Waals surface area contributed by atoms with E-state index < -0.39 is 0 Å². The van der Waals surface area contributed by atoms with Crippen LogP contribution in [0.15, 0.2) is 53.9 Å². The van der Waals surface area contributed by atoms with E-state index in [1.54, 1.807) is 11.3 Å². The Labute approximate surface area is 123 Å². The molecule has 20 heavy (non-hydrogen) atoms. The molecular formula is C17H18N2S. The van der Waals surface area contributed by atoms with Gasteiger partial charge in [-0.1, -0.05) is 42.5 Å². The SMILES string of the molecule is Cc1ccsc1C(Cc1cccc2ccccc12)NN. The average molecular weight is 282 g/mol. The van der Waals surface area contributed by atoms with Crippen LogP contribution in [0.3, 0.4) is 0 Å². The van der Waals surface area contributed by atoms with Crippen LogP contribution in [0.25, 0.3) is 10.8 Å². The molecule has 0 aliphatic rings. The van der Waals surface area contributed by atoms with Gasteiger partial charge in [-0.2, -0.15) is 0 Å². The van der Waals surface area contributed by atoms with E-state index in [9.17, 15) is 0 Å². The highest BCUT2D eigenvalue weighted by atomic mass is 32.1.